The van der Waals surface area contributed by atoms with Crippen LogP contribution < -0.4 is 0 Å². The number of rotatable bonds is 5. The van der Waals surface area contributed by atoms with E-state index in [1.807, 2.05) is 13.8 Å². The van der Waals surface area contributed by atoms with E-state index >= 15 is 0 Å². The number of thiazole rings is 1. The molecule has 0 saturated carbocycles. The first-order valence-electron chi connectivity index (χ1n) is 5.74. The van der Waals surface area contributed by atoms with E-state index in [0.717, 1.165) is 35.8 Å². The molecule has 0 unspecified atom stereocenters. The number of hydrogen-bond donors (Lipinski definition) is 1. The zero-order valence-corrected chi connectivity index (χ0v) is 11.1. The molecular weight excluding hydrogens is 252 g/mol. The average molecular weight is 266 g/mol. The molecule has 0 radical (unpaired) electrons. The van der Waals surface area contributed by atoms with Gasteiger partial charge in [-0.1, -0.05) is 13.8 Å². The Hall–Kier alpha value is -1.76. The highest BCUT2D eigenvalue weighted by atomic mass is 32.1. The molecule has 96 valence electrons. The minimum absolute atomic E-state index is 0.110. The topological polar surface area (TPSA) is 80.9 Å². The van der Waals surface area contributed by atoms with E-state index in [4.69, 9.17) is 5.11 Å². The van der Waals surface area contributed by atoms with Gasteiger partial charge in [0, 0.05) is 18.2 Å². The van der Waals surface area contributed by atoms with E-state index in [2.05, 4.69) is 15.1 Å². The molecular formula is C11H14N4O2S. The van der Waals surface area contributed by atoms with Crippen molar-refractivity contribution in [2.75, 3.05) is 0 Å². The summed E-state index contributed by atoms with van der Waals surface area (Å²) in [6, 6.07) is 0. The van der Waals surface area contributed by atoms with Gasteiger partial charge in [-0.15, -0.1) is 11.3 Å². The summed E-state index contributed by atoms with van der Waals surface area (Å²) in [6.07, 6.45) is 1.58. The van der Waals surface area contributed by atoms with Crippen LogP contribution in [0.15, 0.2) is 5.38 Å². The van der Waals surface area contributed by atoms with Crippen LogP contribution in [0.5, 0.6) is 0 Å². The minimum atomic E-state index is -0.991. The Labute approximate surface area is 108 Å². The Bertz CT molecular complexity index is 561. The number of carboxylic acids is 1. The van der Waals surface area contributed by atoms with Crippen LogP contribution in [0.25, 0.3) is 0 Å². The molecule has 0 aromatic carbocycles. The fourth-order valence-corrected chi connectivity index (χ4v) is 2.24. The van der Waals surface area contributed by atoms with Crippen LogP contribution in [0.4, 0.5) is 0 Å². The maximum absolute atomic E-state index is 10.8. The van der Waals surface area contributed by atoms with Crippen LogP contribution in [0, 0.1) is 0 Å². The van der Waals surface area contributed by atoms with E-state index < -0.39 is 5.97 Å². The number of hydrogen-bond acceptors (Lipinski definition) is 5. The van der Waals surface area contributed by atoms with E-state index in [0.29, 0.717) is 12.2 Å². The largest absolute Gasteiger partial charge is 0.476 e. The molecule has 2 rings (SSSR count). The number of aromatic carboxylic acids is 1. The summed E-state index contributed by atoms with van der Waals surface area (Å²) in [6.45, 7) is 4.49. The molecule has 7 heteroatoms. The van der Waals surface area contributed by atoms with Crippen molar-refractivity contribution in [1.29, 1.82) is 0 Å². The van der Waals surface area contributed by atoms with E-state index in [1.54, 1.807) is 10.1 Å². The lowest BCUT2D eigenvalue weighted by Gasteiger charge is -2.00. The zero-order valence-electron chi connectivity index (χ0n) is 10.3. The minimum Gasteiger partial charge on any atom is -0.476 e. The highest BCUT2D eigenvalue weighted by Gasteiger charge is 2.12. The highest BCUT2D eigenvalue weighted by Crippen LogP contribution is 2.12. The van der Waals surface area contributed by atoms with Gasteiger partial charge in [-0.2, -0.15) is 5.10 Å². The van der Waals surface area contributed by atoms with Gasteiger partial charge < -0.3 is 5.11 Å². The number of aromatic nitrogens is 4. The third-order valence-electron chi connectivity index (χ3n) is 2.47. The smallest absolute Gasteiger partial charge is 0.365 e. The lowest BCUT2D eigenvalue weighted by Crippen LogP contribution is -2.07. The van der Waals surface area contributed by atoms with Crippen LogP contribution in [-0.2, 0) is 19.4 Å². The molecule has 2 aromatic heterocycles. The third-order valence-corrected chi connectivity index (χ3v) is 3.35. The highest BCUT2D eigenvalue weighted by molar-refractivity contribution is 7.11. The molecule has 6 nitrogen and oxygen atoms in total. The van der Waals surface area contributed by atoms with Gasteiger partial charge in [-0.3, -0.25) is 0 Å². The number of carbonyl (C=O) groups is 1. The van der Waals surface area contributed by atoms with Gasteiger partial charge in [0.25, 0.3) is 0 Å². The molecule has 0 saturated heterocycles. The molecule has 2 aromatic rings. The van der Waals surface area contributed by atoms with Gasteiger partial charge in [0.2, 0.25) is 5.01 Å². The van der Waals surface area contributed by atoms with Crippen LogP contribution in [0.3, 0.4) is 0 Å². The van der Waals surface area contributed by atoms with Crippen molar-refractivity contribution in [1.82, 2.24) is 19.7 Å². The number of nitrogens with zero attached hydrogens (tertiary/aromatic N) is 4. The second kappa shape index (κ2) is 5.26. The first-order valence-corrected chi connectivity index (χ1v) is 6.62. The van der Waals surface area contributed by atoms with Crippen molar-refractivity contribution in [2.24, 2.45) is 0 Å². The number of carboxylic acid groups (broad SMARTS) is 1. The van der Waals surface area contributed by atoms with E-state index in [1.165, 1.54) is 0 Å². The lowest BCUT2D eigenvalue weighted by molar-refractivity contribution is 0.0696. The SMILES string of the molecule is CCc1nc(CC)n(Cc2csc(C(=O)O)n2)n1. The fourth-order valence-electron chi connectivity index (χ4n) is 1.60. The predicted molar refractivity (Wildman–Crippen MR) is 67.0 cm³/mol. The monoisotopic (exact) mass is 266 g/mol. The van der Waals surface area contributed by atoms with Crippen molar-refractivity contribution in [2.45, 2.75) is 33.2 Å². The second-order valence-electron chi connectivity index (χ2n) is 3.76. The molecule has 1 N–H and O–H groups in total. The molecule has 0 aliphatic rings. The standard InChI is InChI=1S/C11H14N4O2S/c1-3-8-13-9(4-2)15(14-8)5-7-6-18-10(12-7)11(16)17/h6H,3-5H2,1-2H3,(H,16,17). The maximum atomic E-state index is 10.8. The van der Waals surface area contributed by atoms with Crippen LogP contribution in [0.1, 0.15) is 41.0 Å². The Balaban J connectivity index is 2.21. The van der Waals surface area contributed by atoms with Crippen LogP contribution >= 0.6 is 11.3 Å². The van der Waals surface area contributed by atoms with Crippen molar-refractivity contribution in [3.63, 3.8) is 0 Å². The van der Waals surface area contributed by atoms with E-state index in [-0.39, 0.29) is 5.01 Å². The first-order chi connectivity index (χ1) is 8.63. The number of aryl methyl sites for hydroxylation is 2. The maximum Gasteiger partial charge on any atom is 0.365 e. The molecule has 0 spiro atoms. The summed E-state index contributed by atoms with van der Waals surface area (Å²) >= 11 is 1.13. The third kappa shape index (κ3) is 2.56. The van der Waals surface area contributed by atoms with Crippen molar-refractivity contribution >= 4 is 17.3 Å². The quantitative estimate of drug-likeness (QED) is 0.889. The fraction of sp³-hybridized carbons (Fsp3) is 0.455. The predicted octanol–water partition coefficient (Wildman–Crippen LogP) is 1.61. The molecule has 0 aliphatic carbocycles. The van der Waals surface area contributed by atoms with Gasteiger partial charge in [-0.05, 0) is 0 Å². The van der Waals surface area contributed by atoms with Crippen molar-refractivity contribution in [3.05, 3.63) is 27.7 Å². The Morgan fingerprint density at radius 1 is 1.39 bits per heavy atom. The summed E-state index contributed by atoms with van der Waals surface area (Å²) in [7, 11) is 0. The van der Waals surface area contributed by atoms with Crippen LogP contribution in [0.2, 0.25) is 0 Å². The summed E-state index contributed by atoms with van der Waals surface area (Å²) in [5.41, 5.74) is 0.708. The summed E-state index contributed by atoms with van der Waals surface area (Å²) in [5.74, 6) is 0.715. The van der Waals surface area contributed by atoms with Crippen LogP contribution in [-0.4, -0.2) is 30.8 Å². The van der Waals surface area contributed by atoms with E-state index in [9.17, 15) is 4.79 Å². The first kappa shape index (κ1) is 12.7. The molecule has 0 aliphatic heterocycles. The summed E-state index contributed by atoms with van der Waals surface area (Å²) < 4.78 is 1.79. The van der Waals surface area contributed by atoms with Crippen molar-refractivity contribution in [3.8, 4) is 0 Å². The second-order valence-corrected chi connectivity index (χ2v) is 4.62. The Kier molecular flexibility index (Phi) is 3.71. The van der Waals surface area contributed by atoms with Gasteiger partial charge in [0.1, 0.15) is 5.82 Å². The molecule has 0 fully saturated rings. The van der Waals surface area contributed by atoms with Gasteiger partial charge in [0.05, 0.1) is 12.2 Å². The molecule has 0 atom stereocenters. The summed E-state index contributed by atoms with van der Waals surface area (Å²) in [5, 5.41) is 15.0. The molecule has 0 bridgehead atoms. The Morgan fingerprint density at radius 2 is 2.17 bits per heavy atom. The van der Waals surface area contributed by atoms with Gasteiger partial charge >= 0.3 is 5.97 Å². The Morgan fingerprint density at radius 3 is 2.72 bits per heavy atom. The molecule has 2 heterocycles. The lowest BCUT2D eigenvalue weighted by atomic mass is 10.4. The normalized spacial score (nSPS) is 10.8. The summed E-state index contributed by atoms with van der Waals surface area (Å²) in [4.78, 5) is 19.2. The van der Waals surface area contributed by atoms with Crippen molar-refractivity contribution < 1.29 is 9.90 Å². The van der Waals surface area contributed by atoms with Gasteiger partial charge in [-0.25, -0.2) is 19.4 Å². The molecule has 0 amide bonds. The zero-order chi connectivity index (χ0) is 13.1. The molecule has 18 heavy (non-hydrogen) atoms. The van der Waals surface area contributed by atoms with Gasteiger partial charge in [0.15, 0.2) is 5.82 Å². The average Bonchev–Trinajstić information content (AvgIpc) is 2.96.